The Morgan fingerprint density at radius 2 is 2.10 bits per heavy atom. The van der Waals surface area contributed by atoms with Crippen LogP contribution in [0, 0.1) is 6.92 Å². The fraction of sp³-hybridized carbons (Fsp3) is 0.429. The molecule has 2 N–H and O–H groups in total. The molecule has 20 heavy (non-hydrogen) atoms. The van der Waals surface area contributed by atoms with Gasteiger partial charge in [-0.2, -0.15) is 0 Å². The summed E-state index contributed by atoms with van der Waals surface area (Å²) in [5, 5.41) is 11.8. The molecule has 1 aromatic rings. The minimum Gasteiger partial charge on any atom is -0.480 e. The summed E-state index contributed by atoms with van der Waals surface area (Å²) >= 11 is 0. The van der Waals surface area contributed by atoms with Crippen molar-refractivity contribution in [2.24, 2.45) is 0 Å². The van der Waals surface area contributed by atoms with Crippen LogP contribution in [0.4, 0.5) is 10.5 Å². The first kappa shape index (κ1) is 14.3. The van der Waals surface area contributed by atoms with E-state index >= 15 is 0 Å². The SMILES string of the molecule is Cc1ccc(N(CC(=O)O)C(=O)NC2CCOC2)cc1. The van der Waals surface area contributed by atoms with E-state index in [1.165, 1.54) is 4.90 Å². The molecule has 1 saturated heterocycles. The summed E-state index contributed by atoms with van der Waals surface area (Å²) in [5.74, 6) is -1.05. The van der Waals surface area contributed by atoms with Gasteiger partial charge < -0.3 is 15.2 Å². The number of carboxylic acids is 1. The second kappa shape index (κ2) is 6.38. The van der Waals surface area contributed by atoms with Crippen LogP contribution in [-0.2, 0) is 9.53 Å². The minimum absolute atomic E-state index is 0.0516. The zero-order valence-corrected chi connectivity index (χ0v) is 11.3. The number of urea groups is 1. The van der Waals surface area contributed by atoms with E-state index in [0.29, 0.717) is 18.9 Å². The van der Waals surface area contributed by atoms with Gasteiger partial charge in [-0.05, 0) is 25.5 Å². The number of anilines is 1. The second-order valence-corrected chi connectivity index (χ2v) is 4.83. The first-order chi connectivity index (χ1) is 9.56. The van der Waals surface area contributed by atoms with Crippen LogP contribution in [0.25, 0.3) is 0 Å². The molecule has 1 aromatic carbocycles. The van der Waals surface area contributed by atoms with Gasteiger partial charge in [-0.25, -0.2) is 4.79 Å². The van der Waals surface area contributed by atoms with E-state index < -0.39 is 12.0 Å². The molecule has 0 saturated carbocycles. The lowest BCUT2D eigenvalue weighted by Gasteiger charge is -2.23. The van der Waals surface area contributed by atoms with E-state index in [4.69, 9.17) is 9.84 Å². The van der Waals surface area contributed by atoms with Crippen molar-refractivity contribution < 1.29 is 19.4 Å². The molecule has 0 radical (unpaired) electrons. The van der Waals surface area contributed by atoms with Crippen molar-refractivity contribution in [3.63, 3.8) is 0 Å². The lowest BCUT2D eigenvalue weighted by atomic mass is 10.2. The summed E-state index contributed by atoms with van der Waals surface area (Å²) in [4.78, 5) is 24.4. The number of aryl methyl sites for hydroxylation is 1. The van der Waals surface area contributed by atoms with E-state index in [-0.39, 0.29) is 12.6 Å². The first-order valence-corrected chi connectivity index (χ1v) is 6.50. The van der Waals surface area contributed by atoms with Crippen LogP contribution >= 0.6 is 0 Å². The molecule has 1 atom stereocenters. The van der Waals surface area contributed by atoms with Crippen LogP contribution in [0.2, 0.25) is 0 Å². The molecule has 1 heterocycles. The van der Waals surface area contributed by atoms with E-state index in [9.17, 15) is 9.59 Å². The molecule has 1 aliphatic rings. The van der Waals surface area contributed by atoms with Crippen LogP contribution in [0.15, 0.2) is 24.3 Å². The number of amides is 2. The Balaban J connectivity index is 2.11. The number of nitrogens with zero attached hydrogens (tertiary/aromatic N) is 1. The van der Waals surface area contributed by atoms with Crippen LogP contribution in [0.1, 0.15) is 12.0 Å². The quantitative estimate of drug-likeness (QED) is 0.872. The predicted octanol–water partition coefficient (Wildman–Crippen LogP) is 1.38. The van der Waals surface area contributed by atoms with Crippen molar-refractivity contribution in [2.45, 2.75) is 19.4 Å². The van der Waals surface area contributed by atoms with E-state index in [0.717, 1.165) is 12.0 Å². The highest BCUT2D eigenvalue weighted by molar-refractivity contribution is 5.96. The first-order valence-electron chi connectivity index (χ1n) is 6.50. The van der Waals surface area contributed by atoms with Gasteiger partial charge in [0.05, 0.1) is 12.6 Å². The lowest BCUT2D eigenvalue weighted by molar-refractivity contribution is -0.135. The molecular weight excluding hydrogens is 260 g/mol. The van der Waals surface area contributed by atoms with Gasteiger partial charge in [0.15, 0.2) is 0 Å². The largest absolute Gasteiger partial charge is 0.480 e. The van der Waals surface area contributed by atoms with Gasteiger partial charge in [-0.15, -0.1) is 0 Å². The van der Waals surface area contributed by atoms with Gasteiger partial charge >= 0.3 is 12.0 Å². The van der Waals surface area contributed by atoms with E-state index in [1.807, 2.05) is 19.1 Å². The van der Waals surface area contributed by atoms with Crippen molar-refractivity contribution in [1.82, 2.24) is 5.32 Å². The Labute approximate surface area is 117 Å². The van der Waals surface area contributed by atoms with E-state index in [2.05, 4.69) is 5.32 Å². The van der Waals surface area contributed by atoms with Crippen LogP contribution in [0.5, 0.6) is 0 Å². The van der Waals surface area contributed by atoms with Gasteiger partial charge in [0.1, 0.15) is 6.54 Å². The number of hydrogen-bond donors (Lipinski definition) is 2. The standard InChI is InChI=1S/C14H18N2O4/c1-10-2-4-12(5-3-10)16(8-13(17)18)14(19)15-11-6-7-20-9-11/h2-5,11H,6-9H2,1H3,(H,15,19)(H,17,18). The third kappa shape index (κ3) is 3.71. The molecule has 0 aromatic heterocycles. The summed E-state index contributed by atoms with van der Waals surface area (Å²) in [6, 6.07) is 6.70. The highest BCUT2D eigenvalue weighted by Crippen LogP contribution is 2.16. The molecule has 0 aliphatic carbocycles. The third-order valence-corrected chi connectivity index (χ3v) is 3.14. The summed E-state index contributed by atoms with van der Waals surface area (Å²) in [7, 11) is 0. The Kier molecular flexibility index (Phi) is 4.57. The van der Waals surface area contributed by atoms with Crippen LogP contribution in [-0.4, -0.2) is 42.9 Å². The highest BCUT2D eigenvalue weighted by atomic mass is 16.5. The zero-order chi connectivity index (χ0) is 14.5. The van der Waals surface area contributed by atoms with Gasteiger partial charge in [0, 0.05) is 12.3 Å². The average molecular weight is 278 g/mol. The fourth-order valence-corrected chi connectivity index (χ4v) is 2.04. The Morgan fingerprint density at radius 3 is 2.65 bits per heavy atom. The average Bonchev–Trinajstić information content (AvgIpc) is 2.89. The number of benzene rings is 1. The topological polar surface area (TPSA) is 78.9 Å². The predicted molar refractivity (Wildman–Crippen MR) is 73.9 cm³/mol. The molecule has 1 unspecified atom stereocenters. The molecular formula is C14H18N2O4. The molecule has 1 aliphatic heterocycles. The summed E-state index contributed by atoms with van der Waals surface area (Å²) in [6.07, 6.45) is 0.751. The van der Waals surface area contributed by atoms with Gasteiger partial charge in [0.2, 0.25) is 0 Å². The lowest BCUT2D eigenvalue weighted by Crippen LogP contribution is -2.47. The van der Waals surface area contributed by atoms with Crippen molar-refractivity contribution in [3.8, 4) is 0 Å². The summed E-state index contributed by atoms with van der Waals surface area (Å²) in [5.41, 5.74) is 1.61. The number of nitrogens with one attached hydrogen (secondary N) is 1. The molecule has 6 heteroatoms. The van der Waals surface area contributed by atoms with Crippen molar-refractivity contribution in [3.05, 3.63) is 29.8 Å². The molecule has 0 spiro atoms. The Hall–Kier alpha value is -2.08. The third-order valence-electron chi connectivity index (χ3n) is 3.14. The number of aliphatic carboxylic acids is 1. The number of ether oxygens (including phenoxy) is 1. The van der Waals surface area contributed by atoms with Crippen molar-refractivity contribution >= 4 is 17.7 Å². The zero-order valence-electron chi connectivity index (χ0n) is 11.3. The molecule has 1 fully saturated rings. The Morgan fingerprint density at radius 1 is 1.40 bits per heavy atom. The van der Waals surface area contributed by atoms with Crippen LogP contribution in [0.3, 0.4) is 0 Å². The number of carbonyl (C=O) groups excluding carboxylic acids is 1. The normalized spacial score (nSPS) is 17.8. The van der Waals surface area contributed by atoms with E-state index in [1.54, 1.807) is 12.1 Å². The number of rotatable bonds is 4. The van der Waals surface area contributed by atoms with Crippen molar-refractivity contribution in [2.75, 3.05) is 24.7 Å². The van der Waals surface area contributed by atoms with Gasteiger partial charge in [-0.1, -0.05) is 17.7 Å². The van der Waals surface area contributed by atoms with Crippen LogP contribution < -0.4 is 10.2 Å². The summed E-state index contributed by atoms with van der Waals surface area (Å²) in [6.45, 7) is 2.65. The maximum absolute atomic E-state index is 12.2. The molecule has 2 amide bonds. The number of carboxylic acid groups (broad SMARTS) is 1. The molecule has 108 valence electrons. The number of hydrogen-bond acceptors (Lipinski definition) is 3. The minimum atomic E-state index is -1.05. The molecule has 6 nitrogen and oxygen atoms in total. The maximum Gasteiger partial charge on any atom is 0.323 e. The summed E-state index contributed by atoms with van der Waals surface area (Å²) < 4.78 is 5.19. The molecule has 2 rings (SSSR count). The monoisotopic (exact) mass is 278 g/mol. The smallest absolute Gasteiger partial charge is 0.323 e. The number of carbonyl (C=O) groups is 2. The van der Waals surface area contributed by atoms with Crippen molar-refractivity contribution in [1.29, 1.82) is 0 Å². The second-order valence-electron chi connectivity index (χ2n) is 4.83. The molecule has 0 bridgehead atoms. The van der Waals surface area contributed by atoms with Gasteiger partial charge in [-0.3, -0.25) is 9.69 Å². The Bertz CT molecular complexity index is 480. The van der Waals surface area contributed by atoms with Gasteiger partial charge in [0.25, 0.3) is 0 Å². The highest BCUT2D eigenvalue weighted by Gasteiger charge is 2.23. The maximum atomic E-state index is 12.2. The fourth-order valence-electron chi connectivity index (χ4n) is 2.04.